The number of nitrogens with zero attached hydrogens (tertiary/aromatic N) is 3. The van der Waals surface area contributed by atoms with Crippen LogP contribution in [0.4, 0.5) is 0 Å². The van der Waals surface area contributed by atoms with Crippen molar-refractivity contribution in [2.24, 2.45) is 0 Å². The highest BCUT2D eigenvalue weighted by atomic mass is 16.5. The Kier molecular flexibility index (Phi) is 5.82. The van der Waals surface area contributed by atoms with Crippen LogP contribution < -0.4 is 0 Å². The molecule has 1 saturated heterocycles. The number of H-pyrrole nitrogens is 1. The zero-order valence-corrected chi connectivity index (χ0v) is 15.8. The highest BCUT2D eigenvalue weighted by Crippen LogP contribution is 2.33. The third-order valence-corrected chi connectivity index (χ3v) is 5.77. The summed E-state index contributed by atoms with van der Waals surface area (Å²) in [6, 6.07) is 5.83. The molecule has 1 saturated carbocycles. The van der Waals surface area contributed by atoms with E-state index in [9.17, 15) is 4.79 Å². The molecule has 0 bridgehead atoms. The molecule has 1 unspecified atom stereocenters. The summed E-state index contributed by atoms with van der Waals surface area (Å²) in [5, 5.41) is 7.31. The minimum atomic E-state index is 0.0646. The van der Waals surface area contributed by atoms with Gasteiger partial charge in [0, 0.05) is 25.2 Å². The Bertz CT molecular complexity index is 740. The largest absolute Gasteiger partial charge is 0.370 e. The Morgan fingerprint density at radius 2 is 2.07 bits per heavy atom. The van der Waals surface area contributed by atoms with Crippen molar-refractivity contribution in [3.63, 3.8) is 0 Å². The quantitative estimate of drug-likeness (QED) is 0.874. The monoisotopic (exact) mass is 368 g/mol. The van der Waals surface area contributed by atoms with Gasteiger partial charge in [0.05, 0.1) is 35.9 Å². The Balaban J connectivity index is 1.38. The van der Waals surface area contributed by atoms with E-state index in [1.54, 1.807) is 12.4 Å². The van der Waals surface area contributed by atoms with Crippen molar-refractivity contribution in [2.45, 2.75) is 63.6 Å². The summed E-state index contributed by atoms with van der Waals surface area (Å²) in [6.07, 6.45) is 11.6. The molecular formula is C21H28N4O2. The van der Waals surface area contributed by atoms with E-state index in [-0.39, 0.29) is 12.0 Å². The summed E-state index contributed by atoms with van der Waals surface area (Å²) in [4.78, 5) is 19.4. The average Bonchev–Trinajstić information content (AvgIpc) is 3.23. The van der Waals surface area contributed by atoms with Gasteiger partial charge >= 0.3 is 0 Å². The molecule has 0 aromatic carbocycles. The van der Waals surface area contributed by atoms with E-state index in [2.05, 4.69) is 15.2 Å². The molecule has 1 N–H and O–H groups in total. The molecule has 6 nitrogen and oxygen atoms in total. The van der Waals surface area contributed by atoms with E-state index in [0.29, 0.717) is 19.1 Å². The lowest BCUT2D eigenvalue weighted by Crippen LogP contribution is -2.43. The molecule has 3 heterocycles. The van der Waals surface area contributed by atoms with E-state index in [0.717, 1.165) is 49.2 Å². The van der Waals surface area contributed by atoms with Gasteiger partial charge in [-0.1, -0.05) is 25.3 Å². The highest BCUT2D eigenvalue weighted by molar-refractivity contribution is 5.95. The second-order valence-corrected chi connectivity index (χ2v) is 7.68. The molecule has 0 spiro atoms. The Morgan fingerprint density at radius 1 is 1.19 bits per heavy atom. The molecule has 4 rings (SSSR count). The van der Waals surface area contributed by atoms with Gasteiger partial charge in [-0.2, -0.15) is 5.10 Å². The number of amides is 1. The maximum Gasteiger partial charge on any atom is 0.257 e. The lowest BCUT2D eigenvalue weighted by molar-refractivity contribution is -0.00789. The predicted molar refractivity (Wildman–Crippen MR) is 102 cm³/mol. The number of aromatic amines is 1. The Morgan fingerprint density at radius 3 is 2.89 bits per heavy atom. The minimum absolute atomic E-state index is 0.0646. The lowest BCUT2D eigenvalue weighted by atomic mass is 9.85. The number of carbonyl (C=O) groups is 1. The number of carbonyl (C=O) groups excluding carboxylic acids is 1. The van der Waals surface area contributed by atoms with Crippen molar-refractivity contribution < 1.29 is 9.53 Å². The summed E-state index contributed by atoms with van der Waals surface area (Å²) in [7, 11) is 0. The first-order chi connectivity index (χ1) is 13.3. The Hall–Kier alpha value is -2.21. The van der Waals surface area contributed by atoms with Crippen LogP contribution >= 0.6 is 0 Å². The third-order valence-electron chi connectivity index (χ3n) is 5.77. The molecular weight excluding hydrogens is 340 g/mol. The summed E-state index contributed by atoms with van der Waals surface area (Å²) in [5.41, 5.74) is 2.72. The van der Waals surface area contributed by atoms with E-state index >= 15 is 0 Å². The molecule has 2 aliphatic rings. The number of hydrogen-bond acceptors (Lipinski definition) is 4. The van der Waals surface area contributed by atoms with Crippen LogP contribution in [-0.4, -0.2) is 45.2 Å². The van der Waals surface area contributed by atoms with Crippen LogP contribution in [0.1, 0.15) is 72.6 Å². The predicted octanol–water partition coefficient (Wildman–Crippen LogP) is 3.67. The van der Waals surface area contributed by atoms with Gasteiger partial charge in [0.25, 0.3) is 5.91 Å². The van der Waals surface area contributed by atoms with E-state index < -0.39 is 0 Å². The SMILES string of the molecule is O=C(c1cn[nH]c1C1CCCCC1)N1CCCC(OCc2ccccn2)C1. The maximum absolute atomic E-state index is 13.1. The van der Waals surface area contributed by atoms with Crippen LogP contribution in [0.25, 0.3) is 0 Å². The van der Waals surface area contributed by atoms with Gasteiger partial charge < -0.3 is 9.64 Å². The van der Waals surface area contributed by atoms with E-state index in [1.165, 1.54) is 19.3 Å². The molecule has 2 fully saturated rings. The van der Waals surface area contributed by atoms with Gasteiger partial charge in [0.1, 0.15) is 0 Å². The molecule has 1 aliphatic heterocycles. The fourth-order valence-electron chi connectivity index (χ4n) is 4.28. The molecule has 27 heavy (non-hydrogen) atoms. The molecule has 1 amide bonds. The van der Waals surface area contributed by atoms with Crippen molar-refractivity contribution >= 4 is 5.91 Å². The average molecular weight is 368 g/mol. The molecule has 2 aromatic rings. The second-order valence-electron chi connectivity index (χ2n) is 7.68. The first kappa shape index (κ1) is 18.2. The summed E-state index contributed by atoms with van der Waals surface area (Å²) < 4.78 is 6.03. The molecule has 2 aromatic heterocycles. The standard InChI is InChI=1S/C21H28N4O2/c26-21(19-13-23-24-20(19)16-7-2-1-3-8-16)25-12-6-10-18(14-25)27-15-17-9-4-5-11-22-17/h4-5,9,11,13,16,18H,1-3,6-8,10,12,14-15H2,(H,23,24). The highest BCUT2D eigenvalue weighted by Gasteiger charge is 2.29. The summed E-state index contributed by atoms with van der Waals surface area (Å²) in [6.45, 7) is 1.92. The summed E-state index contributed by atoms with van der Waals surface area (Å²) >= 11 is 0. The number of nitrogens with one attached hydrogen (secondary N) is 1. The van der Waals surface area contributed by atoms with Crippen LogP contribution in [0.3, 0.4) is 0 Å². The normalized spacial score (nSPS) is 21.3. The first-order valence-corrected chi connectivity index (χ1v) is 10.2. The molecule has 144 valence electrons. The number of piperidine rings is 1. The zero-order chi connectivity index (χ0) is 18.5. The first-order valence-electron chi connectivity index (χ1n) is 10.2. The second kappa shape index (κ2) is 8.65. The third kappa shape index (κ3) is 4.38. The van der Waals surface area contributed by atoms with Crippen molar-refractivity contribution in [2.75, 3.05) is 13.1 Å². The van der Waals surface area contributed by atoms with Crippen molar-refractivity contribution in [1.82, 2.24) is 20.1 Å². The van der Waals surface area contributed by atoms with Gasteiger partial charge in [-0.3, -0.25) is 14.9 Å². The number of ether oxygens (including phenoxy) is 1. The van der Waals surface area contributed by atoms with Crippen LogP contribution in [0.15, 0.2) is 30.6 Å². The van der Waals surface area contributed by atoms with E-state index in [1.807, 2.05) is 23.1 Å². The zero-order valence-electron chi connectivity index (χ0n) is 15.8. The Labute approximate surface area is 160 Å². The number of hydrogen-bond donors (Lipinski definition) is 1. The van der Waals surface area contributed by atoms with E-state index in [4.69, 9.17) is 4.74 Å². The fraction of sp³-hybridized carbons (Fsp3) is 0.571. The van der Waals surface area contributed by atoms with Crippen LogP contribution in [0.2, 0.25) is 0 Å². The topological polar surface area (TPSA) is 71.1 Å². The molecule has 6 heteroatoms. The minimum Gasteiger partial charge on any atom is -0.370 e. The maximum atomic E-state index is 13.1. The van der Waals surface area contributed by atoms with Gasteiger partial charge in [0.15, 0.2) is 0 Å². The number of pyridine rings is 1. The van der Waals surface area contributed by atoms with Gasteiger partial charge in [-0.25, -0.2) is 0 Å². The molecule has 1 atom stereocenters. The van der Waals surface area contributed by atoms with Crippen LogP contribution in [0, 0.1) is 0 Å². The van der Waals surface area contributed by atoms with Crippen LogP contribution in [0.5, 0.6) is 0 Å². The van der Waals surface area contributed by atoms with Gasteiger partial charge in [-0.05, 0) is 37.8 Å². The van der Waals surface area contributed by atoms with Crippen LogP contribution in [-0.2, 0) is 11.3 Å². The fourth-order valence-corrected chi connectivity index (χ4v) is 4.28. The smallest absolute Gasteiger partial charge is 0.257 e. The number of aromatic nitrogens is 3. The van der Waals surface area contributed by atoms with Crippen molar-refractivity contribution in [1.29, 1.82) is 0 Å². The van der Waals surface area contributed by atoms with Gasteiger partial charge in [-0.15, -0.1) is 0 Å². The number of likely N-dealkylation sites (tertiary alicyclic amines) is 1. The lowest BCUT2D eigenvalue weighted by Gasteiger charge is -2.33. The van der Waals surface area contributed by atoms with Crippen molar-refractivity contribution in [3.05, 3.63) is 47.5 Å². The van der Waals surface area contributed by atoms with Gasteiger partial charge in [0.2, 0.25) is 0 Å². The summed E-state index contributed by atoms with van der Waals surface area (Å²) in [5.74, 6) is 0.539. The number of rotatable bonds is 5. The molecule has 1 aliphatic carbocycles. The van der Waals surface area contributed by atoms with Crippen molar-refractivity contribution in [3.8, 4) is 0 Å². The molecule has 0 radical (unpaired) electrons.